The third kappa shape index (κ3) is 8.94. The van der Waals surface area contributed by atoms with E-state index in [0.717, 1.165) is 0 Å². The van der Waals surface area contributed by atoms with Crippen molar-refractivity contribution in [1.29, 1.82) is 0 Å². The summed E-state index contributed by atoms with van der Waals surface area (Å²) in [6.45, 7) is 0. The minimum Gasteiger partial charge on any atom is -0.499 e. The van der Waals surface area contributed by atoms with Gasteiger partial charge in [0.1, 0.15) is 0 Å². The van der Waals surface area contributed by atoms with Crippen molar-refractivity contribution in [2.24, 2.45) is 0 Å². The van der Waals surface area contributed by atoms with Crippen LogP contribution in [0.4, 0.5) is 0 Å². The van der Waals surface area contributed by atoms with Crippen LogP contribution < -0.4 is 0 Å². The second kappa shape index (κ2) is 8.92. The molecule has 2 N–H and O–H groups in total. The summed E-state index contributed by atoms with van der Waals surface area (Å²) in [7, 11) is 0. The summed E-state index contributed by atoms with van der Waals surface area (Å²) in [5.41, 5.74) is 0. The quantitative estimate of drug-likeness (QED) is 0.342. The van der Waals surface area contributed by atoms with Gasteiger partial charge < -0.3 is 8.32 Å². The van der Waals surface area contributed by atoms with Crippen molar-refractivity contribution >= 4 is 67.3 Å². The number of hydrogen-bond acceptors (Lipinski definition) is 2. The van der Waals surface area contributed by atoms with Crippen LogP contribution in [0.2, 0.25) is 0 Å². The van der Waals surface area contributed by atoms with Gasteiger partial charge in [0.15, 0.2) is 0 Å². The Hall–Kier alpha value is 2.09. The third-order valence-electron chi connectivity index (χ3n) is 0. The Morgan fingerprint density at radius 1 is 1.25 bits per heavy atom. The van der Waals surface area contributed by atoms with E-state index in [1.165, 1.54) is 0 Å². The van der Waals surface area contributed by atoms with Gasteiger partial charge in [-0.15, -0.1) is 0 Å². The van der Waals surface area contributed by atoms with Crippen molar-refractivity contribution in [3.8, 4) is 0 Å². The van der Waals surface area contributed by atoms with Crippen molar-refractivity contribution in [2.45, 2.75) is 0 Å². The Kier molecular flexibility index (Phi) is 21.0. The molecule has 2 nitrogen and oxygen atoms in total. The minimum absolute atomic E-state index is 0. The third-order valence-corrected chi connectivity index (χ3v) is 0. The molecule has 0 rings (SSSR count). The van der Waals surface area contributed by atoms with Gasteiger partial charge in [0.05, 0.1) is 0 Å². The molecule has 0 heterocycles. The minimum atomic E-state index is -1.25. The number of rotatable bonds is 0. The second-order valence-electron chi connectivity index (χ2n) is 0.115. The van der Waals surface area contributed by atoms with Gasteiger partial charge in [-0.3, -0.25) is 0 Å². The topological polar surface area (TPSA) is 40.5 Å². The van der Waals surface area contributed by atoms with Gasteiger partial charge in [0, 0.05) is 0 Å². The number of hydrogen-bond donors (Lipinski definition) is 2. The van der Waals surface area contributed by atoms with Crippen LogP contribution in [-0.4, -0.2) is 75.6 Å². The molecule has 4 heavy (non-hydrogen) atoms. The average Bonchev–Trinajstić information content (AvgIpc) is 0.918. The summed E-state index contributed by atoms with van der Waals surface area (Å²) < 4.78 is 14.4. The summed E-state index contributed by atoms with van der Waals surface area (Å²) in [6, 6.07) is 0. The maximum absolute atomic E-state index is 7.21. The Morgan fingerprint density at radius 2 is 1.25 bits per heavy atom. The van der Waals surface area contributed by atoms with Crippen molar-refractivity contribution in [2.75, 3.05) is 0 Å². The van der Waals surface area contributed by atoms with Crippen LogP contribution >= 0.6 is 0 Å². The molecule has 0 aliphatic rings. The van der Waals surface area contributed by atoms with E-state index in [1.54, 1.807) is 0 Å². The molecule has 0 aromatic carbocycles. The van der Waals surface area contributed by atoms with Gasteiger partial charge in [-0.2, -0.15) is 0 Å². The fraction of sp³-hybridized carbons (Fsp3) is 0. The Morgan fingerprint density at radius 3 is 1.25 bits per heavy atom. The molecule has 0 saturated heterocycles. The standard InChI is InChI=1S/Al.K.2H2O.H/h;;2*1H2;/q+2;;;;/p-2. The molecular formula is H3AlKO2. The first kappa shape index (κ1) is 9.43. The largest absolute Gasteiger partial charge is 0.662 e. The monoisotopic (exact) mass is 101 g/mol. The molecule has 0 saturated carbocycles. The van der Waals surface area contributed by atoms with E-state index in [-0.39, 0.29) is 51.4 Å². The molecule has 1 radical (unpaired) electrons. The molecule has 0 aliphatic heterocycles. The van der Waals surface area contributed by atoms with E-state index in [4.69, 9.17) is 8.32 Å². The SMILES string of the molecule is [KH].[OH][Al][OH]. The molecule has 0 fully saturated rings. The summed E-state index contributed by atoms with van der Waals surface area (Å²) in [5.74, 6) is 0. The second-order valence-corrected chi connectivity index (χ2v) is 0.346. The van der Waals surface area contributed by atoms with E-state index in [0.29, 0.717) is 0 Å². The first-order valence-corrected chi connectivity index (χ1v) is 1.55. The van der Waals surface area contributed by atoms with Crippen molar-refractivity contribution in [1.82, 2.24) is 0 Å². The van der Waals surface area contributed by atoms with Crippen LogP contribution in [0, 0.1) is 0 Å². The molecule has 0 aromatic rings. The fourth-order valence-corrected chi connectivity index (χ4v) is 0. The fourth-order valence-electron chi connectivity index (χ4n) is 0. The smallest absolute Gasteiger partial charge is 0.499 e. The van der Waals surface area contributed by atoms with Gasteiger partial charge in [-0.05, 0) is 0 Å². The van der Waals surface area contributed by atoms with Crippen molar-refractivity contribution in [3.05, 3.63) is 0 Å². The first-order valence-electron chi connectivity index (χ1n) is 0.516. The predicted octanol–water partition coefficient (Wildman–Crippen LogP) is -2.14. The molecular weight excluding hydrogens is 98.1 g/mol. The molecule has 0 aromatic heterocycles. The van der Waals surface area contributed by atoms with E-state index in [1.807, 2.05) is 0 Å². The molecule has 0 spiro atoms. The van der Waals surface area contributed by atoms with Crippen molar-refractivity contribution < 1.29 is 8.32 Å². The van der Waals surface area contributed by atoms with E-state index >= 15 is 0 Å². The van der Waals surface area contributed by atoms with Gasteiger partial charge in [0.25, 0.3) is 0 Å². The summed E-state index contributed by atoms with van der Waals surface area (Å²) >= 11 is -1.25. The van der Waals surface area contributed by atoms with E-state index < -0.39 is 15.9 Å². The maximum atomic E-state index is 7.21. The maximum Gasteiger partial charge on any atom is 0.662 e. The van der Waals surface area contributed by atoms with Crippen LogP contribution in [0.1, 0.15) is 0 Å². The molecule has 0 amide bonds. The Bertz CT molecular complexity index is 6.00. The predicted molar refractivity (Wildman–Crippen MR) is 17.3 cm³/mol. The van der Waals surface area contributed by atoms with E-state index in [9.17, 15) is 0 Å². The molecule has 4 heteroatoms. The van der Waals surface area contributed by atoms with E-state index in [2.05, 4.69) is 0 Å². The zero-order valence-corrected chi connectivity index (χ0v) is 2.63. The van der Waals surface area contributed by atoms with Gasteiger partial charge in [-0.1, -0.05) is 0 Å². The Labute approximate surface area is 74.0 Å². The zero-order chi connectivity index (χ0) is 2.71. The molecule has 0 unspecified atom stereocenters. The normalized spacial score (nSPS) is 3.50. The van der Waals surface area contributed by atoms with Gasteiger partial charge >= 0.3 is 67.3 Å². The van der Waals surface area contributed by atoms with Gasteiger partial charge in [-0.25, -0.2) is 0 Å². The van der Waals surface area contributed by atoms with Crippen LogP contribution in [0.15, 0.2) is 0 Å². The molecule has 0 aliphatic carbocycles. The summed E-state index contributed by atoms with van der Waals surface area (Å²) in [4.78, 5) is 0. The van der Waals surface area contributed by atoms with Crippen LogP contribution in [0.3, 0.4) is 0 Å². The Balaban J connectivity index is 0. The molecule has 19 valence electrons. The first-order chi connectivity index (χ1) is 1.41. The van der Waals surface area contributed by atoms with Gasteiger partial charge in [0.2, 0.25) is 0 Å². The molecule has 0 atom stereocenters. The molecule has 0 bridgehead atoms. The van der Waals surface area contributed by atoms with Crippen LogP contribution in [0.5, 0.6) is 0 Å². The zero-order valence-electron chi connectivity index (χ0n) is 1.47. The summed E-state index contributed by atoms with van der Waals surface area (Å²) in [5, 5.41) is 0. The van der Waals surface area contributed by atoms with Crippen molar-refractivity contribution in [3.63, 3.8) is 0 Å². The summed E-state index contributed by atoms with van der Waals surface area (Å²) in [6.07, 6.45) is 0. The van der Waals surface area contributed by atoms with Crippen LogP contribution in [0.25, 0.3) is 0 Å². The van der Waals surface area contributed by atoms with Crippen LogP contribution in [-0.2, 0) is 0 Å². The average molecular weight is 101 g/mol.